The van der Waals surface area contributed by atoms with Crippen molar-refractivity contribution in [3.8, 4) is 12.1 Å². The molecule has 0 bridgehead atoms. The molecule has 0 saturated heterocycles. The number of carbonyl (C=O) groups is 1. The lowest BCUT2D eigenvalue weighted by molar-refractivity contribution is 0.0783. The van der Waals surface area contributed by atoms with Gasteiger partial charge in [0.1, 0.15) is 11.0 Å². The monoisotopic (exact) mass is 465 g/mol. The van der Waals surface area contributed by atoms with Crippen molar-refractivity contribution in [3.63, 3.8) is 0 Å². The SMILES string of the molecule is CC(C)(O)c1cc(C#N)cc(S(N)=O)c1.N#Cc1c2c(c(NC(N)=O)c3c1CCC3)CCC2. The van der Waals surface area contributed by atoms with Crippen LogP contribution < -0.4 is 16.2 Å². The molecule has 1 unspecified atom stereocenters. The van der Waals surface area contributed by atoms with Crippen LogP contribution in [-0.2, 0) is 42.3 Å². The van der Waals surface area contributed by atoms with Gasteiger partial charge in [-0.15, -0.1) is 0 Å². The van der Waals surface area contributed by atoms with E-state index in [1.807, 2.05) is 6.07 Å². The van der Waals surface area contributed by atoms with Gasteiger partial charge < -0.3 is 16.2 Å². The van der Waals surface area contributed by atoms with E-state index in [0.717, 1.165) is 72.0 Å². The van der Waals surface area contributed by atoms with Crippen molar-refractivity contribution in [2.75, 3.05) is 5.32 Å². The van der Waals surface area contributed by atoms with Crippen LogP contribution in [0.5, 0.6) is 0 Å². The number of amides is 2. The first-order valence-electron chi connectivity index (χ1n) is 10.7. The van der Waals surface area contributed by atoms with Crippen LogP contribution in [-0.4, -0.2) is 15.3 Å². The van der Waals surface area contributed by atoms with Crippen molar-refractivity contribution in [3.05, 3.63) is 57.1 Å². The quantitative estimate of drug-likeness (QED) is 0.546. The Morgan fingerprint density at radius 1 is 1.03 bits per heavy atom. The van der Waals surface area contributed by atoms with Gasteiger partial charge in [-0.1, -0.05) is 0 Å². The Morgan fingerprint density at radius 2 is 1.58 bits per heavy atom. The highest BCUT2D eigenvalue weighted by Crippen LogP contribution is 2.41. The number of aliphatic hydroxyl groups is 1. The van der Waals surface area contributed by atoms with Gasteiger partial charge in [0, 0.05) is 5.69 Å². The Kier molecular flexibility index (Phi) is 7.19. The lowest BCUT2D eigenvalue weighted by atomic mass is 9.93. The second-order valence-corrected chi connectivity index (χ2v) is 9.75. The number of nitrogens with zero attached hydrogens (tertiary/aromatic N) is 2. The van der Waals surface area contributed by atoms with E-state index >= 15 is 0 Å². The molecular formula is C24H27N5O3S. The molecule has 172 valence electrons. The maximum Gasteiger partial charge on any atom is 0.316 e. The van der Waals surface area contributed by atoms with E-state index in [1.165, 1.54) is 12.1 Å². The summed E-state index contributed by atoms with van der Waals surface area (Å²) < 4.78 is 11.1. The summed E-state index contributed by atoms with van der Waals surface area (Å²) in [6.07, 6.45) is 5.87. The van der Waals surface area contributed by atoms with E-state index < -0.39 is 22.6 Å². The molecule has 0 spiro atoms. The summed E-state index contributed by atoms with van der Waals surface area (Å²) in [7, 11) is -1.65. The largest absolute Gasteiger partial charge is 0.386 e. The number of hydrogen-bond donors (Lipinski definition) is 4. The predicted molar refractivity (Wildman–Crippen MR) is 125 cm³/mol. The van der Waals surface area contributed by atoms with E-state index in [4.69, 9.17) is 16.1 Å². The second-order valence-electron chi connectivity index (χ2n) is 8.69. The minimum absolute atomic E-state index is 0.337. The van der Waals surface area contributed by atoms with Gasteiger partial charge in [-0.2, -0.15) is 10.5 Å². The van der Waals surface area contributed by atoms with Crippen molar-refractivity contribution >= 4 is 22.7 Å². The van der Waals surface area contributed by atoms with Crippen LogP contribution in [0.4, 0.5) is 10.5 Å². The average Bonchev–Trinajstić information content (AvgIpc) is 3.43. The molecule has 0 fully saturated rings. The summed E-state index contributed by atoms with van der Waals surface area (Å²) in [4.78, 5) is 11.5. The summed E-state index contributed by atoms with van der Waals surface area (Å²) >= 11 is 0. The zero-order valence-electron chi connectivity index (χ0n) is 18.7. The fraction of sp³-hybridized carbons (Fsp3) is 0.375. The van der Waals surface area contributed by atoms with Crippen LogP contribution >= 0.6 is 0 Å². The fourth-order valence-electron chi connectivity index (χ4n) is 4.50. The number of nitrogens with one attached hydrogen (secondary N) is 1. The standard InChI is InChI=1S/C14H15N3O.C10H12N2O2S/c15-7-12-8-3-1-5-10(8)13(17-14(16)18)11-6-2-4-9(11)12;1-10(2,13)8-3-7(6-11)4-9(5-8)15(12)14/h1-6H2,(H3,16,17,18);3-5,13H,12H2,1-2H3. The summed E-state index contributed by atoms with van der Waals surface area (Å²) in [6.45, 7) is 3.18. The molecule has 1 atom stereocenters. The minimum atomic E-state index is -1.65. The van der Waals surface area contributed by atoms with Crippen molar-refractivity contribution < 1.29 is 14.1 Å². The molecule has 0 aromatic heterocycles. The Morgan fingerprint density at radius 3 is 2.00 bits per heavy atom. The minimum Gasteiger partial charge on any atom is -0.386 e. The summed E-state index contributed by atoms with van der Waals surface area (Å²) in [6, 6.07) is 8.33. The smallest absolute Gasteiger partial charge is 0.316 e. The number of hydrogen-bond acceptors (Lipinski definition) is 5. The van der Waals surface area contributed by atoms with E-state index in [2.05, 4.69) is 11.4 Å². The fourth-order valence-corrected chi connectivity index (χ4v) is 4.98. The predicted octanol–water partition coefficient (Wildman–Crippen LogP) is 2.79. The van der Waals surface area contributed by atoms with Gasteiger partial charge in [0.25, 0.3) is 0 Å². The third kappa shape index (κ3) is 5.23. The highest BCUT2D eigenvalue weighted by atomic mass is 32.2. The first-order valence-corrected chi connectivity index (χ1v) is 11.9. The van der Waals surface area contributed by atoms with Crippen molar-refractivity contribution in [2.24, 2.45) is 10.9 Å². The van der Waals surface area contributed by atoms with E-state index in [1.54, 1.807) is 19.9 Å². The topological polar surface area (TPSA) is 166 Å². The van der Waals surface area contributed by atoms with Gasteiger partial charge in [0.2, 0.25) is 0 Å². The Balaban J connectivity index is 0.000000190. The number of anilines is 1. The van der Waals surface area contributed by atoms with Crippen molar-refractivity contribution in [1.82, 2.24) is 0 Å². The van der Waals surface area contributed by atoms with Gasteiger partial charge >= 0.3 is 6.03 Å². The molecule has 4 rings (SSSR count). The molecule has 0 radical (unpaired) electrons. The lowest BCUT2D eigenvalue weighted by Crippen LogP contribution is -2.21. The maximum absolute atomic E-state index is 11.2. The number of nitrogens with two attached hydrogens (primary N) is 2. The van der Waals surface area contributed by atoms with Gasteiger partial charge in [0.05, 0.1) is 33.8 Å². The molecule has 6 N–H and O–H groups in total. The number of primary amides is 1. The van der Waals surface area contributed by atoms with Crippen molar-refractivity contribution in [2.45, 2.75) is 62.9 Å². The lowest BCUT2D eigenvalue weighted by Gasteiger charge is -2.18. The van der Waals surface area contributed by atoms with Crippen molar-refractivity contribution in [1.29, 1.82) is 10.5 Å². The molecule has 33 heavy (non-hydrogen) atoms. The molecule has 0 heterocycles. The molecular weight excluding hydrogens is 438 g/mol. The van der Waals surface area contributed by atoms with E-state index in [9.17, 15) is 19.4 Å². The summed E-state index contributed by atoms with van der Waals surface area (Å²) in [5.41, 5.74) is 11.4. The van der Waals surface area contributed by atoms with Crippen LogP contribution in [0.15, 0.2) is 23.1 Å². The third-order valence-electron chi connectivity index (χ3n) is 5.98. The zero-order chi connectivity index (χ0) is 24.3. The normalized spacial score (nSPS) is 14.7. The number of rotatable bonds is 3. The van der Waals surface area contributed by atoms with Crippen LogP contribution in [0.25, 0.3) is 0 Å². The Labute approximate surface area is 195 Å². The molecule has 2 aromatic carbocycles. The number of carbonyl (C=O) groups excluding carboxylic acids is 1. The molecule has 2 amide bonds. The Hall–Kier alpha value is -3.24. The van der Waals surface area contributed by atoms with Crippen LogP contribution in [0.1, 0.15) is 65.6 Å². The number of benzene rings is 2. The molecule has 2 aliphatic rings. The first-order chi connectivity index (χ1) is 15.6. The zero-order valence-corrected chi connectivity index (χ0v) is 19.5. The van der Waals surface area contributed by atoms with E-state index in [-0.39, 0.29) is 0 Å². The highest BCUT2D eigenvalue weighted by Gasteiger charge is 2.29. The van der Waals surface area contributed by atoms with Gasteiger partial charge in [-0.05, 0) is 98.4 Å². The van der Waals surface area contributed by atoms with E-state index in [0.29, 0.717) is 16.0 Å². The number of fused-ring (bicyclic) bond motifs is 2. The molecule has 0 aliphatic heterocycles. The molecule has 0 saturated carbocycles. The summed E-state index contributed by atoms with van der Waals surface area (Å²) in [5, 5.41) is 35.9. The van der Waals surface area contributed by atoms with Crippen LogP contribution in [0, 0.1) is 22.7 Å². The Bertz CT molecular complexity index is 1180. The van der Waals surface area contributed by atoms with Gasteiger partial charge in [-0.3, -0.25) is 0 Å². The number of urea groups is 1. The number of nitriles is 2. The second kappa shape index (κ2) is 9.72. The van der Waals surface area contributed by atoms with Crippen LogP contribution in [0.2, 0.25) is 0 Å². The maximum atomic E-state index is 11.2. The first kappa shape index (κ1) is 24.4. The molecule has 2 aliphatic carbocycles. The van der Waals surface area contributed by atoms with Gasteiger partial charge in [-0.25, -0.2) is 14.1 Å². The average molecular weight is 466 g/mol. The third-order valence-corrected chi connectivity index (χ3v) is 6.68. The van der Waals surface area contributed by atoms with Gasteiger partial charge in [0.15, 0.2) is 0 Å². The van der Waals surface area contributed by atoms with Crippen LogP contribution in [0.3, 0.4) is 0 Å². The molecule has 8 nitrogen and oxygen atoms in total. The summed E-state index contributed by atoms with van der Waals surface area (Å²) in [5.74, 6) is 0. The highest BCUT2D eigenvalue weighted by molar-refractivity contribution is 7.82. The molecule has 2 aromatic rings. The molecule has 9 heteroatoms.